The number of amides is 1. The van der Waals surface area contributed by atoms with Gasteiger partial charge in [-0.3, -0.25) is 9.69 Å². The Morgan fingerprint density at radius 1 is 0.971 bits per heavy atom. The monoisotopic (exact) mass is 489 g/mol. The molecule has 0 saturated heterocycles. The third kappa shape index (κ3) is 4.49. The van der Waals surface area contributed by atoms with Crippen LogP contribution < -0.4 is 15.0 Å². The van der Waals surface area contributed by atoms with Crippen LogP contribution in [0.25, 0.3) is 0 Å². The molecule has 1 aliphatic heterocycles. The minimum atomic E-state index is 0.00566. The van der Waals surface area contributed by atoms with Gasteiger partial charge in [-0.1, -0.05) is 47.8 Å². The third-order valence-electron chi connectivity index (χ3n) is 5.47. The van der Waals surface area contributed by atoms with E-state index < -0.39 is 0 Å². The highest BCUT2D eigenvalue weighted by Crippen LogP contribution is 2.48. The number of aromatic nitrogens is 3. The molecule has 2 heterocycles. The Bertz CT molecular complexity index is 1280. The molecule has 4 aromatic rings. The van der Waals surface area contributed by atoms with Crippen LogP contribution in [-0.4, -0.2) is 33.5 Å². The zero-order valence-corrected chi connectivity index (χ0v) is 20.4. The molecule has 1 amide bonds. The van der Waals surface area contributed by atoms with Crippen molar-refractivity contribution in [3.63, 3.8) is 0 Å². The molecule has 172 valence electrons. The van der Waals surface area contributed by atoms with Crippen LogP contribution in [0.5, 0.6) is 5.75 Å². The van der Waals surface area contributed by atoms with Crippen molar-refractivity contribution in [1.82, 2.24) is 14.8 Å². The first kappa shape index (κ1) is 22.4. The van der Waals surface area contributed by atoms with Crippen LogP contribution in [0.2, 0.25) is 0 Å². The van der Waals surface area contributed by atoms with Gasteiger partial charge in [0.1, 0.15) is 5.75 Å². The molecule has 5 rings (SSSR count). The average Bonchev–Trinajstić information content (AvgIpc) is 3.23. The van der Waals surface area contributed by atoms with Crippen LogP contribution in [0, 0.1) is 0 Å². The number of rotatable bonds is 7. The summed E-state index contributed by atoms with van der Waals surface area (Å²) in [5, 5.41) is 12.6. The van der Waals surface area contributed by atoms with Gasteiger partial charge in [0.15, 0.2) is 11.0 Å². The molecule has 0 atom stereocenters. The second kappa shape index (κ2) is 9.82. The van der Waals surface area contributed by atoms with Gasteiger partial charge in [0.05, 0.1) is 30.8 Å². The van der Waals surface area contributed by atoms with Gasteiger partial charge in [-0.2, -0.15) is 0 Å². The van der Waals surface area contributed by atoms with E-state index in [4.69, 9.17) is 4.74 Å². The minimum absolute atomic E-state index is 0.00566. The van der Waals surface area contributed by atoms with Crippen molar-refractivity contribution in [2.45, 2.75) is 21.5 Å². The fourth-order valence-corrected chi connectivity index (χ4v) is 5.52. The van der Waals surface area contributed by atoms with Gasteiger partial charge in [-0.25, -0.2) is 0 Å². The van der Waals surface area contributed by atoms with E-state index in [1.54, 1.807) is 18.9 Å². The zero-order valence-electron chi connectivity index (χ0n) is 18.8. The number of hydrogen-bond donors (Lipinski definition) is 1. The number of para-hydroxylation sites is 2. The molecule has 34 heavy (non-hydrogen) atoms. The van der Waals surface area contributed by atoms with Gasteiger partial charge < -0.3 is 14.6 Å². The molecular formula is C25H23N5O2S2. The van der Waals surface area contributed by atoms with Crippen LogP contribution >= 0.6 is 23.5 Å². The molecule has 1 N–H and O–H groups in total. The highest BCUT2D eigenvalue weighted by atomic mass is 32.2. The molecular weight excluding hydrogens is 466 g/mol. The Balaban J connectivity index is 1.27. The lowest BCUT2D eigenvalue weighted by Gasteiger charge is -2.30. The minimum Gasteiger partial charge on any atom is -0.497 e. The Hall–Kier alpha value is -3.43. The van der Waals surface area contributed by atoms with Gasteiger partial charge in [-0.15, -0.1) is 10.2 Å². The van der Waals surface area contributed by atoms with Crippen LogP contribution in [-0.2, 0) is 18.4 Å². The predicted octanol–water partition coefficient (Wildman–Crippen LogP) is 5.36. The molecule has 0 saturated carbocycles. The standard InChI is InChI=1S/C25H23N5O2S2/c1-29-23(15-26-17-11-13-18(32-2)14-12-17)27-28-25(29)33-16-24(31)30-19-7-3-5-9-21(19)34-22-10-6-4-8-20(22)30/h3-14,26H,15-16H2,1-2H3. The molecule has 7 nitrogen and oxygen atoms in total. The number of methoxy groups -OCH3 is 1. The molecule has 3 aromatic carbocycles. The maximum absolute atomic E-state index is 13.4. The predicted molar refractivity (Wildman–Crippen MR) is 136 cm³/mol. The SMILES string of the molecule is COc1ccc(NCc2nnc(SCC(=O)N3c4ccccc4Sc4ccccc43)n2C)cc1. The summed E-state index contributed by atoms with van der Waals surface area (Å²) in [6, 6.07) is 23.7. The Labute approximate surface area is 206 Å². The number of carbonyl (C=O) groups excluding carboxylic acids is 1. The van der Waals surface area contributed by atoms with Crippen molar-refractivity contribution in [2.75, 3.05) is 23.1 Å². The summed E-state index contributed by atoms with van der Waals surface area (Å²) in [4.78, 5) is 17.4. The van der Waals surface area contributed by atoms with E-state index in [1.165, 1.54) is 11.8 Å². The quantitative estimate of drug-likeness (QED) is 0.351. The van der Waals surface area contributed by atoms with E-state index in [9.17, 15) is 4.79 Å². The summed E-state index contributed by atoms with van der Waals surface area (Å²) in [7, 11) is 3.56. The number of thioether (sulfide) groups is 1. The lowest BCUT2D eigenvalue weighted by Crippen LogP contribution is -2.30. The number of anilines is 3. The van der Waals surface area contributed by atoms with Crippen molar-refractivity contribution in [3.05, 3.63) is 78.6 Å². The van der Waals surface area contributed by atoms with E-state index in [0.29, 0.717) is 11.7 Å². The van der Waals surface area contributed by atoms with Crippen molar-refractivity contribution in [1.29, 1.82) is 0 Å². The van der Waals surface area contributed by atoms with Crippen molar-refractivity contribution in [3.8, 4) is 5.75 Å². The number of nitrogens with one attached hydrogen (secondary N) is 1. The first-order valence-corrected chi connectivity index (χ1v) is 12.5. The maximum Gasteiger partial charge on any atom is 0.242 e. The highest BCUT2D eigenvalue weighted by Gasteiger charge is 2.28. The summed E-state index contributed by atoms with van der Waals surface area (Å²) in [6.45, 7) is 0.522. The second-order valence-corrected chi connectivity index (χ2v) is 9.62. The van der Waals surface area contributed by atoms with E-state index in [0.717, 1.165) is 38.4 Å². The van der Waals surface area contributed by atoms with Crippen LogP contribution in [0.1, 0.15) is 5.82 Å². The molecule has 0 fully saturated rings. The summed E-state index contributed by atoms with van der Waals surface area (Å²) in [6.07, 6.45) is 0. The average molecular weight is 490 g/mol. The zero-order chi connectivity index (χ0) is 23.5. The topological polar surface area (TPSA) is 72.3 Å². The first-order chi connectivity index (χ1) is 16.6. The summed E-state index contributed by atoms with van der Waals surface area (Å²) >= 11 is 3.08. The molecule has 0 unspecified atom stereocenters. The van der Waals surface area contributed by atoms with E-state index >= 15 is 0 Å². The second-order valence-electron chi connectivity index (χ2n) is 7.60. The summed E-state index contributed by atoms with van der Waals surface area (Å²) < 4.78 is 7.11. The lowest BCUT2D eigenvalue weighted by molar-refractivity contribution is -0.115. The van der Waals surface area contributed by atoms with Crippen molar-refractivity contribution in [2.24, 2.45) is 7.05 Å². The van der Waals surface area contributed by atoms with E-state index in [1.807, 2.05) is 89.3 Å². The molecule has 0 bridgehead atoms. The maximum atomic E-state index is 13.4. The van der Waals surface area contributed by atoms with Crippen LogP contribution in [0.3, 0.4) is 0 Å². The van der Waals surface area contributed by atoms with Crippen LogP contribution in [0.15, 0.2) is 87.7 Å². The number of hydrogen-bond acceptors (Lipinski definition) is 7. The van der Waals surface area contributed by atoms with Gasteiger partial charge in [0.25, 0.3) is 0 Å². The fourth-order valence-electron chi connectivity index (χ4n) is 3.68. The van der Waals surface area contributed by atoms with Crippen LogP contribution in [0.4, 0.5) is 17.1 Å². The fraction of sp³-hybridized carbons (Fsp3) is 0.160. The molecule has 9 heteroatoms. The molecule has 1 aliphatic rings. The smallest absolute Gasteiger partial charge is 0.242 e. The van der Waals surface area contributed by atoms with Gasteiger partial charge in [0.2, 0.25) is 5.91 Å². The number of carbonyl (C=O) groups is 1. The van der Waals surface area contributed by atoms with Crippen molar-refractivity contribution >= 4 is 46.5 Å². The Morgan fingerprint density at radius 3 is 2.26 bits per heavy atom. The molecule has 0 spiro atoms. The molecule has 0 radical (unpaired) electrons. The number of benzene rings is 3. The van der Waals surface area contributed by atoms with Crippen molar-refractivity contribution < 1.29 is 9.53 Å². The summed E-state index contributed by atoms with van der Waals surface area (Å²) in [5.74, 6) is 1.86. The number of fused-ring (bicyclic) bond motifs is 2. The molecule has 1 aromatic heterocycles. The Kier molecular flexibility index (Phi) is 6.46. The first-order valence-electron chi connectivity index (χ1n) is 10.7. The van der Waals surface area contributed by atoms with Gasteiger partial charge in [-0.05, 0) is 48.5 Å². The highest BCUT2D eigenvalue weighted by molar-refractivity contribution is 8.00. The van der Waals surface area contributed by atoms with Gasteiger partial charge >= 0.3 is 0 Å². The molecule has 0 aliphatic carbocycles. The lowest BCUT2D eigenvalue weighted by atomic mass is 10.2. The Morgan fingerprint density at radius 2 is 1.62 bits per heavy atom. The summed E-state index contributed by atoms with van der Waals surface area (Å²) in [5.41, 5.74) is 2.80. The normalized spacial score (nSPS) is 12.1. The van der Waals surface area contributed by atoms with E-state index in [2.05, 4.69) is 15.5 Å². The number of nitrogens with zero attached hydrogens (tertiary/aromatic N) is 4. The van der Waals surface area contributed by atoms with Gasteiger partial charge in [0, 0.05) is 22.5 Å². The number of ether oxygens (including phenoxy) is 1. The van der Waals surface area contributed by atoms with E-state index in [-0.39, 0.29) is 11.7 Å². The third-order valence-corrected chi connectivity index (χ3v) is 7.61. The largest absolute Gasteiger partial charge is 0.497 e.